The van der Waals surface area contributed by atoms with E-state index in [1.165, 1.54) is 31.3 Å². The van der Waals surface area contributed by atoms with Gasteiger partial charge in [-0.25, -0.2) is 4.72 Å². The van der Waals surface area contributed by atoms with Crippen LogP contribution >= 0.6 is 0 Å². The molecule has 2 aromatic rings. The minimum atomic E-state index is -4.09. The first-order valence-corrected chi connectivity index (χ1v) is 12.5. The minimum absolute atomic E-state index is 0.0478. The van der Waals surface area contributed by atoms with E-state index in [2.05, 4.69) is 14.4 Å². The molecule has 3 N–H and O–H groups in total. The Balaban J connectivity index is 2.10. The summed E-state index contributed by atoms with van der Waals surface area (Å²) in [6.45, 7) is 5.86. The molecule has 194 valence electrons. The number of amides is 1. The molecule has 1 atom stereocenters. The van der Waals surface area contributed by atoms with Crippen LogP contribution in [-0.4, -0.2) is 64.3 Å². The fourth-order valence-electron chi connectivity index (χ4n) is 3.70. The Morgan fingerprint density at radius 2 is 1.81 bits per heavy atom. The van der Waals surface area contributed by atoms with Crippen molar-refractivity contribution in [2.45, 2.75) is 26.8 Å². The third kappa shape index (κ3) is 5.54. The van der Waals surface area contributed by atoms with Gasteiger partial charge in [0.2, 0.25) is 0 Å². The molecule has 0 spiro atoms. The number of carbonyl (C=O) groups excluding carboxylic acids is 1. The summed E-state index contributed by atoms with van der Waals surface area (Å²) in [5.41, 5.74) is 0.348. The molecule has 2 aromatic carbocycles. The smallest absolute Gasteiger partial charge is 0.345 e. The highest BCUT2D eigenvalue weighted by Gasteiger charge is 2.34. The number of methoxy groups -OCH3 is 2. The first kappa shape index (κ1) is 26.8. The lowest BCUT2D eigenvalue weighted by Crippen LogP contribution is -2.32. The van der Waals surface area contributed by atoms with E-state index in [4.69, 9.17) is 14.5 Å². The molecule has 1 heterocycles. The summed E-state index contributed by atoms with van der Waals surface area (Å²) >= 11 is 0. The lowest BCUT2D eigenvalue weighted by atomic mass is 9.82. The second-order valence-electron chi connectivity index (χ2n) is 9.37. The van der Waals surface area contributed by atoms with E-state index in [0.29, 0.717) is 17.1 Å². The Morgan fingerprint density at radius 1 is 1.14 bits per heavy atom. The van der Waals surface area contributed by atoms with Gasteiger partial charge < -0.3 is 24.8 Å². The van der Waals surface area contributed by atoms with Crippen molar-refractivity contribution in [1.29, 1.82) is 0 Å². The van der Waals surface area contributed by atoms with Gasteiger partial charge in [-0.3, -0.25) is 9.79 Å². The molecule has 1 amide bonds. The van der Waals surface area contributed by atoms with Crippen molar-refractivity contribution in [1.82, 2.24) is 9.62 Å². The number of aliphatic imine (C=N–C) groups is 1. The third-order valence-corrected chi connectivity index (χ3v) is 6.27. The normalized spacial score (nSPS) is 16.6. The highest BCUT2D eigenvalue weighted by Crippen LogP contribution is 2.44. The van der Waals surface area contributed by atoms with E-state index in [1.807, 2.05) is 26.8 Å². The Morgan fingerprint density at radius 3 is 2.39 bits per heavy atom. The molecule has 0 saturated carbocycles. The van der Waals surface area contributed by atoms with Gasteiger partial charge in [-0.15, -0.1) is 4.40 Å². The Kier molecular flexibility index (Phi) is 7.48. The highest BCUT2D eigenvalue weighted by atomic mass is 32.2. The fourth-order valence-corrected chi connectivity index (χ4v) is 4.51. The molecule has 0 saturated heterocycles. The number of carbonyl (C=O) groups is 1. The number of phenolic OH excluding ortho intramolecular Hbond substituents is 1. The number of nitrogens with one attached hydrogen (secondary N) is 2. The number of benzene rings is 2. The number of hydrogen-bond donors (Lipinski definition) is 3. The van der Waals surface area contributed by atoms with Crippen LogP contribution in [0.4, 0.5) is 5.69 Å². The largest absolute Gasteiger partial charge is 0.505 e. The molecule has 0 fully saturated rings. The summed E-state index contributed by atoms with van der Waals surface area (Å²) in [4.78, 5) is 18.5. The van der Waals surface area contributed by atoms with Gasteiger partial charge in [0.15, 0.2) is 28.9 Å². The lowest BCUT2D eigenvalue weighted by molar-refractivity contribution is 0.0824. The zero-order valence-corrected chi connectivity index (χ0v) is 22.1. The molecule has 12 heteroatoms. The van der Waals surface area contributed by atoms with E-state index in [1.54, 1.807) is 32.3 Å². The van der Waals surface area contributed by atoms with Crippen LogP contribution in [0.25, 0.3) is 0 Å². The predicted molar refractivity (Wildman–Crippen MR) is 138 cm³/mol. The van der Waals surface area contributed by atoms with Gasteiger partial charge in [-0.05, 0) is 23.6 Å². The second kappa shape index (κ2) is 10.1. The first-order chi connectivity index (χ1) is 16.8. The number of rotatable bonds is 6. The molecule has 1 aliphatic heterocycles. The van der Waals surface area contributed by atoms with E-state index in [0.717, 1.165) is 0 Å². The monoisotopic (exact) mass is 517 g/mol. The summed E-state index contributed by atoms with van der Waals surface area (Å²) in [5.74, 6) is 0.0470. The molecule has 1 aliphatic rings. The van der Waals surface area contributed by atoms with Crippen LogP contribution in [0.15, 0.2) is 45.8 Å². The minimum Gasteiger partial charge on any atom is -0.505 e. The van der Waals surface area contributed by atoms with Crippen molar-refractivity contribution in [2.24, 2.45) is 14.8 Å². The average Bonchev–Trinajstić information content (AvgIpc) is 3.09. The van der Waals surface area contributed by atoms with E-state index in [9.17, 15) is 18.3 Å². The topological polar surface area (TPSA) is 142 Å². The fraction of sp³-hybridized carbons (Fsp3) is 0.375. The van der Waals surface area contributed by atoms with Crippen molar-refractivity contribution < 1.29 is 27.8 Å². The molecular formula is C24H31N5O6S. The van der Waals surface area contributed by atoms with Crippen LogP contribution in [0, 0.1) is 5.41 Å². The first-order valence-electron chi connectivity index (χ1n) is 11.0. The highest BCUT2D eigenvalue weighted by molar-refractivity contribution is 7.89. The number of ether oxygens (including phenoxy) is 2. The maximum absolute atomic E-state index is 12.4. The number of phenols is 1. The summed E-state index contributed by atoms with van der Waals surface area (Å²) in [5, 5.41) is 13.5. The van der Waals surface area contributed by atoms with Gasteiger partial charge in [0.25, 0.3) is 5.91 Å². The number of aromatic hydroxyl groups is 1. The van der Waals surface area contributed by atoms with Gasteiger partial charge in [0, 0.05) is 19.7 Å². The Labute approximate surface area is 211 Å². The van der Waals surface area contributed by atoms with Crippen molar-refractivity contribution in [3.05, 3.63) is 47.5 Å². The summed E-state index contributed by atoms with van der Waals surface area (Å²) in [7, 11) is 2.08. The quantitative estimate of drug-likeness (QED) is 0.500. The zero-order chi connectivity index (χ0) is 26.8. The van der Waals surface area contributed by atoms with Crippen molar-refractivity contribution >= 4 is 33.5 Å². The van der Waals surface area contributed by atoms with Gasteiger partial charge >= 0.3 is 10.2 Å². The van der Waals surface area contributed by atoms with Gasteiger partial charge in [0.05, 0.1) is 31.5 Å². The molecule has 0 radical (unpaired) electrons. The Bertz CT molecular complexity index is 1330. The molecule has 0 bridgehead atoms. The summed E-state index contributed by atoms with van der Waals surface area (Å²) in [6, 6.07) is 9.33. The zero-order valence-electron chi connectivity index (χ0n) is 21.3. The van der Waals surface area contributed by atoms with Gasteiger partial charge in [0.1, 0.15) is 0 Å². The average molecular weight is 518 g/mol. The Hall–Kier alpha value is -3.80. The van der Waals surface area contributed by atoms with Crippen LogP contribution in [0.5, 0.6) is 17.2 Å². The number of nitrogens with zero attached hydrogens (tertiary/aromatic N) is 3. The van der Waals surface area contributed by atoms with Crippen molar-refractivity contribution in [2.75, 3.05) is 33.6 Å². The maximum atomic E-state index is 12.4. The van der Waals surface area contributed by atoms with Gasteiger partial charge in [-0.1, -0.05) is 39.0 Å². The van der Waals surface area contributed by atoms with E-state index in [-0.39, 0.29) is 28.7 Å². The van der Waals surface area contributed by atoms with Crippen molar-refractivity contribution in [3.63, 3.8) is 0 Å². The van der Waals surface area contributed by atoms with Crippen molar-refractivity contribution in [3.8, 4) is 17.2 Å². The standard InChI is InChI=1S/C24H31N5O6S/c1-24(2,3)20(15-11-9-13-17(34-6)19(15)35-7)26-22-21(27-36(32,33)28-22)25-16-12-8-10-14(18(16)30)23(31)29(4)5/h8-13,20,30H,1-7H3,(H,25,27)(H,26,28). The molecule has 0 aromatic heterocycles. The molecular weight excluding hydrogens is 486 g/mol. The van der Waals surface area contributed by atoms with Crippen LogP contribution in [0.3, 0.4) is 0 Å². The van der Waals surface area contributed by atoms with E-state index >= 15 is 0 Å². The number of anilines is 1. The molecule has 3 rings (SSSR count). The third-order valence-electron chi connectivity index (χ3n) is 5.39. The van der Waals surface area contributed by atoms with Gasteiger partial charge in [-0.2, -0.15) is 8.42 Å². The number of para-hydroxylation sites is 2. The molecule has 11 nitrogen and oxygen atoms in total. The summed E-state index contributed by atoms with van der Waals surface area (Å²) in [6.07, 6.45) is 0. The lowest BCUT2D eigenvalue weighted by Gasteiger charge is -2.30. The van der Waals surface area contributed by atoms with E-state index < -0.39 is 27.6 Å². The summed E-state index contributed by atoms with van der Waals surface area (Å²) < 4.78 is 41.9. The molecule has 1 unspecified atom stereocenters. The van der Waals surface area contributed by atoms with Crippen LogP contribution in [0.1, 0.15) is 42.7 Å². The van der Waals surface area contributed by atoms with Crippen LogP contribution < -0.4 is 19.5 Å². The SMILES string of the molecule is COc1cccc(C(N=C2NS(=O)(=O)N=C2Nc2cccc(C(=O)N(C)C)c2O)C(C)(C)C)c1OC. The second-order valence-corrected chi connectivity index (χ2v) is 10.7. The predicted octanol–water partition coefficient (Wildman–Crippen LogP) is 2.96. The molecule has 0 aliphatic carbocycles. The maximum Gasteiger partial charge on any atom is 0.345 e. The number of amidine groups is 2. The number of hydrogen-bond acceptors (Lipinski definition) is 8. The molecule has 36 heavy (non-hydrogen) atoms. The van der Waals surface area contributed by atoms with Crippen LogP contribution in [-0.2, 0) is 10.2 Å². The van der Waals surface area contributed by atoms with Crippen LogP contribution in [0.2, 0.25) is 0 Å².